The first-order chi connectivity index (χ1) is 14.2. The van der Waals surface area contributed by atoms with Crippen molar-refractivity contribution >= 4 is 11.8 Å². The van der Waals surface area contributed by atoms with E-state index >= 15 is 0 Å². The molecule has 4 aromatic rings. The molecule has 3 aromatic carbocycles. The zero-order valence-electron chi connectivity index (χ0n) is 15.6. The quantitative estimate of drug-likeness (QED) is 0.442. The lowest BCUT2D eigenvalue weighted by molar-refractivity contribution is 0.204. The zero-order valence-corrected chi connectivity index (χ0v) is 16.5. The van der Waals surface area contributed by atoms with Crippen molar-refractivity contribution < 1.29 is 9.50 Å². The molecule has 4 rings (SSSR count). The van der Waals surface area contributed by atoms with Crippen LogP contribution in [-0.4, -0.2) is 25.6 Å². The van der Waals surface area contributed by atoms with Gasteiger partial charge >= 0.3 is 0 Å². The average molecular weight is 405 g/mol. The maximum absolute atomic E-state index is 14.4. The Bertz CT molecular complexity index is 1070. The van der Waals surface area contributed by atoms with Crippen LogP contribution < -0.4 is 0 Å². The van der Waals surface area contributed by atoms with Crippen molar-refractivity contribution in [3.63, 3.8) is 0 Å². The van der Waals surface area contributed by atoms with E-state index in [-0.39, 0.29) is 5.82 Å². The maximum atomic E-state index is 14.4. The molecule has 1 heterocycles. The normalized spacial score (nSPS) is 12.1. The SMILES string of the molecule is O[C@H](CSc1nnc(-c2ccccc2F)n1Cc1ccccc1)c1ccccc1. The lowest BCUT2D eigenvalue weighted by Gasteiger charge is -2.13. The van der Waals surface area contributed by atoms with E-state index in [1.165, 1.54) is 17.8 Å². The molecule has 4 nitrogen and oxygen atoms in total. The summed E-state index contributed by atoms with van der Waals surface area (Å²) in [6.45, 7) is 0.515. The van der Waals surface area contributed by atoms with Gasteiger partial charge in [0, 0.05) is 5.75 Å². The number of rotatable bonds is 7. The van der Waals surface area contributed by atoms with Crippen LogP contribution in [0, 0.1) is 5.82 Å². The van der Waals surface area contributed by atoms with E-state index in [2.05, 4.69) is 10.2 Å². The summed E-state index contributed by atoms with van der Waals surface area (Å²) in [5.41, 5.74) is 2.32. The van der Waals surface area contributed by atoms with Gasteiger partial charge in [-0.3, -0.25) is 4.57 Å². The lowest BCUT2D eigenvalue weighted by atomic mass is 10.1. The Morgan fingerprint density at radius 2 is 1.52 bits per heavy atom. The molecule has 0 aliphatic heterocycles. The molecule has 0 saturated carbocycles. The predicted octanol–water partition coefficient (Wildman–Crippen LogP) is 4.96. The maximum Gasteiger partial charge on any atom is 0.191 e. The second-order valence-electron chi connectivity index (χ2n) is 6.60. The summed E-state index contributed by atoms with van der Waals surface area (Å²) >= 11 is 1.41. The molecule has 1 atom stereocenters. The standard InChI is InChI=1S/C23H20FN3OS/c24-20-14-8-7-13-19(20)22-25-26-23(27(22)15-17-9-3-1-4-10-17)29-16-21(28)18-11-5-2-6-12-18/h1-14,21,28H,15-16H2/t21-/m1/s1. The predicted molar refractivity (Wildman–Crippen MR) is 113 cm³/mol. The average Bonchev–Trinajstić information content (AvgIpc) is 3.16. The Kier molecular flexibility index (Phi) is 6.03. The third kappa shape index (κ3) is 4.55. The number of aliphatic hydroxyl groups is 1. The fraction of sp³-hybridized carbons (Fsp3) is 0.130. The molecule has 0 radical (unpaired) electrons. The van der Waals surface area contributed by atoms with Gasteiger partial charge in [0.25, 0.3) is 0 Å². The molecular formula is C23H20FN3OS. The smallest absolute Gasteiger partial charge is 0.191 e. The summed E-state index contributed by atoms with van der Waals surface area (Å²) in [5, 5.41) is 19.7. The zero-order chi connectivity index (χ0) is 20.1. The molecule has 0 spiro atoms. The third-order valence-corrected chi connectivity index (χ3v) is 5.61. The van der Waals surface area contributed by atoms with Crippen LogP contribution in [0.25, 0.3) is 11.4 Å². The van der Waals surface area contributed by atoms with Gasteiger partial charge in [0.05, 0.1) is 18.2 Å². The number of hydrogen-bond donors (Lipinski definition) is 1. The van der Waals surface area contributed by atoms with Crippen LogP contribution in [0.5, 0.6) is 0 Å². The first kappa shape index (κ1) is 19.4. The minimum atomic E-state index is -0.625. The van der Waals surface area contributed by atoms with E-state index in [0.717, 1.165) is 11.1 Å². The van der Waals surface area contributed by atoms with Crippen molar-refractivity contribution in [3.8, 4) is 11.4 Å². The molecule has 29 heavy (non-hydrogen) atoms. The van der Waals surface area contributed by atoms with Crippen molar-refractivity contribution in [1.82, 2.24) is 14.8 Å². The second kappa shape index (κ2) is 9.03. The van der Waals surface area contributed by atoms with Crippen molar-refractivity contribution in [2.75, 3.05) is 5.75 Å². The van der Waals surface area contributed by atoms with Crippen LogP contribution in [0.1, 0.15) is 17.2 Å². The van der Waals surface area contributed by atoms with Crippen LogP contribution in [0.15, 0.2) is 90.1 Å². The summed E-state index contributed by atoms with van der Waals surface area (Å²) in [5.74, 6) is 0.563. The van der Waals surface area contributed by atoms with E-state index in [4.69, 9.17) is 0 Å². The Balaban J connectivity index is 1.64. The lowest BCUT2D eigenvalue weighted by Crippen LogP contribution is -2.06. The molecule has 1 N–H and O–H groups in total. The van der Waals surface area contributed by atoms with Gasteiger partial charge in [-0.05, 0) is 23.3 Å². The molecule has 0 amide bonds. The fourth-order valence-corrected chi connectivity index (χ4v) is 3.98. The van der Waals surface area contributed by atoms with Gasteiger partial charge in [-0.2, -0.15) is 0 Å². The molecule has 0 fully saturated rings. The van der Waals surface area contributed by atoms with Gasteiger partial charge in [0.15, 0.2) is 11.0 Å². The Morgan fingerprint density at radius 3 is 2.24 bits per heavy atom. The van der Waals surface area contributed by atoms with Gasteiger partial charge in [-0.15, -0.1) is 10.2 Å². The number of benzene rings is 3. The molecule has 0 unspecified atom stereocenters. The van der Waals surface area contributed by atoms with Crippen molar-refractivity contribution in [1.29, 1.82) is 0 Å². The fourth-order valence-electron chi connectivity index (χ4n) is 3.07. The highest BCUT2D eigenvalue weighted by Crippen LogP contribution is 2.29. The van der Waals surface area contributed by atoms with Crippen molar-refractivity contribution in [2.24, 2.45) is 0 Å². The van der Waals surface area contributed by atoms with Gasteiger partial charge in [-0.25, -0.2) is 4.39 Å². The summed E-state index contributed by atoms with van der Waals surface area (Å²) in [4.78, 5) is 0. The minimum absolute atomic E-state index is 0.338. The van der Waals surface area contributed by atoms with E-state index in [1.807, 2.05) is 65.2 Å². The highest BCUT2D eigenvalue weighted by atomic mass is 32.2. The number of aromatic nitrogens is 3. The largest absolute Gasteiger partial charge is 0.388 e. The highest BCUT2D eigenvalue weighted by Gasteiger charge is 2.19. The minimum Gasteiger partial charge on any atom is -0.388 e. The van der Waals surface area contributed by atoms with Gasteiger partial charge in [0.2, 0.25) is 0 Å². The van der Waals surface area contributed by atoms with E-state index in [1.54, 1.807) is 18.2 Å². The molecule has 0 bridgehead atoms. The van der Waals surface area contributed by atoms with E-state index in [9.17, 15) is 9.50 Å². The molecule has 0 aliphatic rings. The number of halogens is 1. The summed E-state index contributed by atoms with van der Waals surface area (Å²) < 4.78 is 16.3. The van der Waals surface area contributed by atoms with Crippen LogP contribution in [0.3, 0.4) is 0 Å². The van der Waals surface area contributed by atoms with Gasteiger partial charge < -0.3 is 5.11 Å². The van der Waals surface area contributed by atoms with Crippen LogP contribution in [-0.2, 0) is 6.54 Å². The van der Waals surface area contributed by atoms with Crippen molar-refractivity contribution in [2.45, 2.75) is 17.8 Å². The highest BCUT2D eigenvalue weighted by molar-refractivity contribution is 7.99. The van der Waals surface area contributed by atoms with Crippen LogP contribution in [0.4, 0.5) is 4.39 Å². The molecule has 0 saturated heterocycles. The van der Waals surface area contributed by atoms with E-state index < -0.39 is 6.10 Å². The van der Waals surface area contributed by atoms with Gasteiger partial charge in [-0.1, -0.05) is 84.6 Å². The Morgan fingerprint density at radius 1 is 0.862 bits per heavy atom. The summed E-state index contributed by atoms with van der Waals surface area (Å²) in [6, 6.07) is 26.0. The number of hydrogen-bond acceptors (Lipinski definition) is 4. The number of thioether (sulfide) groups is 1. The Labute approximate surface area is 173 Å². The van der Waals surface area contributed by atoms with Crippen LogP contribution in [0.2, 0.25) is 0 Å². The molecule has 146 valence electrons. The number of nitrogens with zero attached hydrogens (tertiary/aromatic N) is 3. The second-order valence-corrected chi connectivity index (χ2v) is 7.58. The number of aliphatic hydroxyl groups excluding tert-OH is 1. The van der Waals surface area contributed by atoms with Crippen LogP contribution >= 0.6 is 11.8 Å². The first-order valence-corrected chi connectivity index (χ1v) is 10.3. The Hall–Kier alpha value is -2.96. The monoisotopic (exact) mass is 405 g/mol. The molecule has 6 heteroatoms. The third-order valence-electron chi connectivity index (χ3n) is 4.57. The topological polar surface area (TPSA) is 50.9 Å². The molecule has 1 aromatic heterocycles. The molecular weight excluding hydrogens is 385 g/mol. The molecule has 0 aliphatic carbocycles. The summed E-state index contributed by atoms with van der Waals surface area (Å²) in [7, 11) is 0. The summed E-state index contributed by atoms with van der Waals surface area (Å²) in [6.07, 6.45) is -0.625. The first-order valence-electron chi connectivity index (χ1n) is 9.30. The van der Waals surface area contributed by atoms with Crippen molar-refractivity contribution in [3.05, 3.63) is 102 Å². The van der Waals surface area contributed by atoms with Gasteiger partial charge in [0.1, 0.15) is 5.82 Å². The van der Waals surface area contributed by atoms with E-state index in [0.29, 0.717) is 28.8 Å².